The van der Waals surface area contributed by atoms with E-state index in [1.54, 1.807) is 31.0 Å². The van der Waals surface area contributed by atoms with Crippen molar-refractivity contribution in [3.05, 3.63) is 59.7 Å². The molecule has 0 N–H and O–H groups in total. The monoisotopic (exact) mass is 440 g/mol. The van der Waals surface area contributed by atoms with E-state index in [1.807, 2.05) is 23.1 Å². The molecule has 1 amide bonds. The van der Waals surface area contributed by atoms with Crippen LogP contribution >= 0.6 is 0 Å². The van der Waals surface area contributed by atoms with Crippen LogP contribution in [0.3, 0.4) is 0 Å². The highest BCUT2D eigenvalue weighted by Crippen LogP contribution is 2.28. The molecule has 3 aromatic rings. The van der Waals surface area contributed by atoms with E-state index in [0.29, 0.717) is 62.2 Å². The molecule has 32 heavy (non-hydrogen) atoms. The molecular formula is C22H25FN6O3. The van der Waals surface area contributed by atoms with Gasteiger partial charge in [-0.25, -0.2) is 4.39 Å². The van der Waals surface area contributed by atoms with Gasteiger partial charge in [0.05, 0.1) is 32.9 Å². The molecule has 0 bridgehead atoms. The molecule has 0 aliphatic carbocycles. The van der Waals surface area contributed by atoms with Gasteiger partial charge in [0.25, 0.3) is 0 Å². The van der Waals surface area contributed by atoms with Crippen molar-refractivity contribution in [3.8, 4) is 17.2 Å². The number of benzene rings is 2. The van der Waals surface area contributed by atoms with Crippen molar-refractivity contribution in [1.29, 1.82) is 0 Å². The first-order valence-corrected chi connectivity index (χ1v) is 10.3. The van der Waals surface area contributed by atoms with E-state index in [-0.39, 0.29) is 11.7 Å². The number of carbonyl (C=O) groups excluding carboxylic acids is 1. The highest BCUT2D eigenvalue weighted by Gasteiger charge is 2.23. The van der Waals surface area contributed by atoms with E-state index in [2.05, 4.69) is 20.4 Å². The molecule has 0 atom stereocenters. The van der Waals surface area contributed by atoms with E-state index < -0.39 is 0 Å². The number of carbonyl (C=O) groups is 1. The number of amides is 1. The van der Waals surface area contributed by atoms with Crippen LogP contribution in [0.4, 0.5) is 4.39 Å². The summed E-state index contributed by atoms with van der Waals surface area (Å²) in [5, 5.41) is 11.9. The van der Waals surface area contributed by atoms with Crippen molar-refractivity contribution in [3.63, 3.8) is 0 Å². The number of hydrogen-bond donors (Lipinski definition) is 0. The third-order valence-electron chi connectivity index (χ3n) is 5.50. The summed E-state index contributed by atoms with van der Waals surface area (Å²) in [7, 11) is 3.16. The van der Waals surface area contributed by atoms with Crippen molar-refractivity contribution in [2.24, 2.45) is 0 Å². The summed E-state index contributed by atoms with van der Waals surface area (Å²) in [4.78, 5) is 16.9. The number of rotatable bonds is 7. The van der Waals surface area contributed by atoms with Crippen molar-refractivity contribution in [1.82, 2.24) is 30.0 Å². The first-order valence-electron chi connectivity index (χ1n) is 10.3. The second-order valence-corrected chi connectivity index (χ2v) is 7.51. The molecule has 0 saturated carbocycles. The Bertz CT molecular complexity index is 1060. The number of piperazine rings is 1. The maximum Gasteiger partial charge on any atom is 0.227 e. The van der Waals surface area contributed by atoms with Crippen molar-refractivity contribution in [2.45, 2.75) is 13.0 Å². The van der Waals surface area contributed by atoms with Gasteiger partial charge in [-0.15, -0.1) is 5.10 Å². The average molecular weight is 440 g/mol. The number of aromatic nitrogens is 4. The molecule has 1 aliphatic heterocycles. The number of halogens is 1. The largest absolute Gasteiger partial charge is 0.493 e. The van der Waals surface area contributed by atoms with Gasteiger partial charge >= 0.3 is 0 Å². The lowest BCUT2D eigenvalue weighted by Gasteiger charge is -2.34. The minimum absolute atomic E-state index is 0.0769. The Kier molecular flexibility index (Phi) is 6.60. The van der Waals surface area contributed by atoms with Crippen LogP contribution in [0, 0.1) is 5.82 Å². The molecule has 0 spiro atoms. The standard InChI is InChI=1S/C22H25FN6O3/c1-31-19-8-3-16(13-20(19)32-2)14-22(30)28-11-9-27(10-12-28)15-21-24-25-26-29(21)18-6-4-17(23)5-7-18/h3-8,13H,9-12,14-15H2,1-2H3. The van der Waals surface area contributed by atoms with Gasteiger partial charge < -0.3 is 14.4 Å². The maximum absolute atomic E-state index is 13.2. The normalized spacial score (nSPS) is 14.4. The summed E-state index contributed by atoms with van der Waals surface area (Å²) < 4.78 is 25.4. The number of methoxy groups -OCH3 is 2. The van der Waals surface area contributed by atoms with Gasteiger partial charge in [-0.2, -0.15) is 4.68 Å². The summed E-state index contributed by atoms with van der Waals surface area (Å²) in [5.74, 6) is 1.69. The van der Waals surface area contributed by atoms with Gasteiger partial charge in [-0.1, -0.05) is 6.07 Å². The molecule has 4 rings (SSSR count). The fraction of sp³-hybridized carbons (Fsp3) is 0.364. The van der Waals surface area contributed by atoms with Crippen LogP contribution in [0.15, 0.2) is 42.5 Å². The number of nitrogens with zero attached hydrogens (tertiary/aromatic N) is 6. The van der Waals surface area contributed by atoms with E-state index >= 15 is 0 Å². The highest BCUT2D eigenvalue weighted by molar-refractivity contribution is 5.79. The Morgan fingerprint density at radius 1 is 1.00 bits per heavy atom. The molecular weight excluding hydrogens is 415 g/mol. The van der Waals surface area contributed by atoms with Crippen LogP contribution in [0.1, 0.15) is 11.4 Å². The van der Waals surface area contributed by atoms with Crippen LogP contribution in [-0.4, -0.2) is 76.3 Å². The van der Waals surface area contributed by atoms with Gasteiger partial charge in [0.2, 0.25) is 5.91 Å². The van der Waals surface area contributed by atoms with E-state index in [4.69, 9.17) is 9.47 Å². The van der Waals surface area contributed by atoms with Gasteiger partial charge in [0, 0.05) is 26.2 Å². The molecule has 0 radical (unpaired) electrons. The summed E-state index contributed by atoms with van der Waals surface area (Å²) in [5.41, 5.74) is 1.59. The summed E-state index contributed by atoms with van der Waals surface area (Å²) in [6.07, 6.45) is 0.309. The van der Waals surface area contributed by atoms with Gasteiger partial charge in [0.15, 0.2) is 17.3 Å². The van der Waals surface area contributed by atoms with Crippen molar-refractivity contribution < 1.29 is 18.7 Å². The summed E-state index contributed by atoms with van der Waals surface area (Å²) in [6, 6.07) is 11.6. The Morgan fingerprint density at radius 3 is 2.41 bits per heavy atom. The third kappa shape index (κ3) is 4.86. The van der Waals surface area contributed by atoms with E-state index in [1.165, 1.54) is 12.1 Å². The quantitative estimate of drug-likeness (QED) is 0.553. The zero-order valence-electron chi connectivity index (χ0n) is 18.1. The molecule has 1 aliphatic rings. The lowest BCUT2D eigenvalue weighted by atomic mass is 10.1. The minimum Gasteiger partial charge on any atom is -0.493 e. The number of tetrazole rings is 1. The average Bonchev–Trinajstić information content (AvgIpc) is 3.28. The molecule has 1 aromatic heterocycles. The molecule has 168 valence electrons. The molecule has 0 unspecified atom stereocenters. The predicted octanol–water partition coefficient (Wildman–Crippen LogP) is 1.71. The maximum atomic E-state index is 13.2. The zero-order valence-corrected chi connectivity index (χ0v) is 18.1. The Balaban J connectivity index is 1.33. The van der Waals surface area contributed by atoms with E-state index in [9.17, 15) is 9.18 Å². The molecule has 1 fully saturated rings. The first-order chi connectivity index (χ1) is 15.6. The zero-order chi connectivity index (χ0) is 22.5. The first kappa shape index (κ1) is 21.7. The van der Waals surface area contributed by atoms with Crippen molar-refractivity contribution >= 4 is 5.91 Å². The minimum atomic E-state index is -0.308. The second kappa shape index (κ2) is 9.73. The van der Waals surface area contributed by atoms with Gasteiger partial charge in [0.1, 0.15) is 5.82 Å². The Morgan fingerprint density at radius 2 is 1.72 bits per heavy atom. The van der Waals surface area contributed by atoms with Crippen LogP contribution in [0.5, 0.6) is 11.5 Å². The van der Waals surface area contributed by atoms with Crippen molar-refractivity contribution in [2.75, 3.05) is 40.4 Å². The lowest BCUT2D eigenvalue weighted by molar-refractivity contribution is -0.132. The molecule has 2 heterocycles. The smallest absolute Gasteiger partial charge is 0.227 e. The van der Waals surface area contributed by atoms with Gasteiger partial charge in [-0.05, 0) is 52.4 Å². The van der Waals surface area contributed by atoms with Gasteiger partial charge in [-0.3, -0.25) is 9.69 Å². The lowest BCUT2D eigenvalue weighted by Crippen LogP contribution is -2.48. The van der Waals surface area contributed by atoms with Crippen LogP contribution in [-0.2, 0) is 17.8 Å². The molecule has 9 nitrogen and oxygen atoms in total. The topological polar surface area (TPSA) is 85.6 Å². The predicted molar refractivity (Wildman–Crippen MR) is 114 cm³/mol. The molecule has 1 saturated heterocycles. The van der Waals surface area contributed by atoms with E-state index in [0.717, 1.165) is 5.56 Å². The third-order valence-corrected chi connectivity index (χ3v) is 5.50. The Hall–Kier alpha value is -3.53. The SMILES string of the molecule is COc1ccc(CC(=O)N2CCN(Cc3nnnn3-c3ccc(F)cc3)CC2)cc1OC. The second-order valence-electron chi connectivity index (χ2n) is 7.51. The highest BCUT2D eigenvalue weighted by atomic mass is 19.1. The van der Waals surface area contributed by atoms with Crippen LogP contribution in [0.25, 0.3) is 5.69 Å². The summed E-state index contributed by atoms with van der Waals surface area (Å²) in [6.45, 7) is 3.23. The fourth-order valence-corrected chi connectivity index (χ4v) is 3.72. The van der Waals surface area contributed by atoms with Crippen LogP contribution < -0.4 is 9.47 Å². The Labute approximate surface area is 185 Å². The number of hydrogen-bond acceptors (Lipinski definition) is 7. The molecule has 10 heteroatoms. The van der Waals surface area contributed by atoms with Crippen LogP contribution in [0.2, 0.25) is 0 Å². The fourth-order valence-electron chi connectivity index (χ4n) is 3.72. The number of ether oxygens (including phenoxy) is 2. The summed E-state index contributed by atoms with van der Waals surface area (Å²) >= 11 is 0. The molecule has 2 aromatic carbocycles.